The van der Waals surface area contributed by atoms with Gasteiger partial charge in [0, 0.05) is 37.5 Å². The van der Waals surface area contributed by atoms with Crippen molar-refractivity contribution >= 4 is 5.91 Å². The number of carbonyl (C=O) groups excluding carboxylic acids is 1. The fraction of sp³-hybridized carbons (Fsp3) is 0.667. The SMILES string of the molecule is Cc1cnc(C(=O)NC2CCC2NC2CCOCC2)cn1. The van der Waals surface area contributed by atoms with E-state index in [4.69, 9.17) is 4.74 Å². The van der Waals surface area contributed by atoms with Crippen molar-refractivity contribution < 1.29 is 9.53 Å². The van der Waals surface area contributed by atoms with Crippen molar-refractivity contribution in [2.24, 2.45) is 0 Å². The second-order valence-electron chi connectivity index (χ2n) is 5.86. The van der Waals surface area contributed by atoms with E-state index >= 15 is 0 Å². The summed E-state index contributed by atoms with van der Waals surface area (Å²) in [5, 5.41) is 6.70. The van der Waals surface area contributed by atoms with E-state index in [0.717, 1.165) is 44.6 Å². The molecule has 6 nitrogen and oxygen atoms in total. The molecule has 2 aliphatic rings. The van der Waals surface area contributed by atoms with Crippen molar-refractivity contribution in [1.82, 2.24) is 20.6 Å². The highest BCUT2D eigenvalue weighted by atomic mass is 16.5. The van der Waals surface area contributed by atoms with E-state index in [0.29, 0.717) is 17.8 Å². The standard InChI is InChI=1S/C15H22N4O2/c1-10-8-17-14(9-16-10)15(20)19-13-3-2-12(13)18-11-4-6-21-7-5-11/h8-9,11-13,18H,2-7H2,1H3,(H,19,20). The minimum atomic E-state index is -0.133. The summed E-state index contributed by atoms with van der Waals surface area (Å²) in [5.74, 6) is -0.133. The van der Waals surface area contributed by atoms with Crippen LogP contribution in [-0.2, 0) is 4.74 Å². The molecule has 1 aliphatic heterocycles. The molecule has 1 amide bonds. The van der Waals surface area contributed by atoms with Crippen molar-refractivity contribution in [3.8, 4) is 0 Å². The quantitative estimate of drug-likeness (QED) is 0.858. The first-order chi connectivity index (χ1) is 10.2. The number of hydrogen-bond donors (Lipinski definition) is 2. The lowest BCUT2D eigenvalue weighted by atomic mass is 9.85. The summed E-state index contributed by atoms with van der Waals surface area (Å²) in [4.78, 5) is 20.4. The van der Waals surface area contributed by atoms with Gasteiger partial charge < -0.3 is 15.4 Å². The number of nitrogens with one attached hydrogen (secondary N) is 2. The monoisotopic (exact) mass is 290 g/mol. The Bertz CT molecular complexity index is 485. The van der Waals surface area contributed by atoms with E-state index in [1.165, 1.54) is 6.20 Å². The maximum Gasteiger partial charge on any atom is 0.271 e. The predicted octanol–water partition coefficient (Wildman–Crippen LogP) is 0.814. The third kappa shape index (κ3) is 3.57. The number of aryl methyl sites for hydroxylation is 1. The lowest BCUT2D eigenvalue weighted by Gasteiger charge is -2.40. The van der Waals surface area contributed by atoms with Gasteiger partial charge >= 0.3 is 0 Å². The molecule has 0 aromatic carbocycles. The van der Waals surface area contributed by atoms with Crippen LogP contribution in [0.2, 0.25) is 0 Å². The number of aromatic nitrogens is 2. The molecule has 2 fully saturated rings. The molecule has 0 bridgehead atoms. The number of carbonyl (C=O) groups is 1. The summed E-state index contributed by atoms with van der Waals surface area (Å²) in [7, 11) is 0. The van der Waals surface area contributed by atoms with Crippen molar-refractivity contribution in [2.45, 2.75) is 50.7 Å². The Kier molecular flexibility index (Phi) is 4.45. The van der Waals surface area contributed by atoms with Gasteiger partial charge in [-0.2, -0.15) is 0 Å². The summed E-state index contributed by atoms with van der Waals surface area (Å²) >= 11 is 0. The van der Waals surface area contributed by atoms with E-state index in [2.05, 4.69) is 20.6 Å². The zero-order chi connectivity index (χ0) is 14.7. The summed E-state index contributed by atoms with van der Waals surface area (Å²) in [6.07, 6.45) is 7.40. The maximum absolute atomic E-state index is 12.1. The summed E-state index contributed by atoms with van der Waals surface area (Å²) in [6, 6.07) is 1.08. The highest BCUT2D eigenvalue weighted by Crippen LogP contribution is 2.22. The average molecular weight is 290 g/mol. The molecule has 2 N–H and O–H groups in total. The van der Waals surface area contributed by atoms with Gasteiger partial charge in [-0.15, -0.1) is 0 Å². The van der Waals surface area contributed by atoms with E-state index < -0.39 is 0 Å². The Labute approximate surface area is 124 Å². The normalized spacial score (nSPS) is 26.1. The zero-order valence-electron chi connectivity index (χ0n) is 12.3. The molecule has 6 heteroatoms. The molecule has 1 saturated carbocycles. The number of nitrogens with zero attached hydrogens (tertiary/aromatic N) is 2. The first-order valence-corrected chi connectivity index (χ1v) is 7.65. The molecule has 1 aromatic rings. The van der Waals surface area contributed by atoms with Gasteiger partial charge in [0.2, 0.25) is 0 Å². The second-order valence-corrected chi connectivity index (χ2v) is 5.86. The first-order valence-electron chi connectivity index (χ1n) is 7.65. The van der Waals surface area contributed by atoms with Gasteiger partial charge in [0.1, 0.15) is 5.69 Å². The highest BCUT2D eigenvalue weighted by molar-refractivity contribution is 5.92. The Morgan fingerprint density at radius 1 is 1.14 bits per heavy atom. The van der Waals surface area contributed by atoms with E-state index in [1.807, 2.05) is 6.92 Å². The zero-order valence-corrected chi connectivity index (χ0v) is 12.3. The molecular formula is C15H22N4O2. The van der Waals surface area contributed by atoms with Gasteiger partial charge in [-0.3, -0.25) is 9.78 Å². The molecule has 114 valence electrons. The van der Waals surface area contributed by atoms with Gasteiger partial charge in [-0.25, -0.2) is 4.98 Å². The predicted molar refractivity (Wildman–Crippen MR) is 78.0 cm³/mol. The number of amides is 1. The Balaban J connectivity index is 1.50. The fourth-order valence-corrected chi connectivity index (χ4v) is 2.79. The van der Waals surface area contributed by atoms with Crippen molar-refractivity contribution in [3.05, 3.63) is 23.8 Å². The number of hydrogen-bond acceptors (Lipinski definition) is 5. The molecule has 2 heterocycles. The molecule has 1 aliphatic carbocycles. The molecular weight excluding hydrogens is 268 g/mol. The summed E-state index contributed by atoms with van der Waals surface area (Å²) in [6.45, 7) is 3.52. The molecule has 3 rings (SSSR count). The fourth-order valence-electron chi connectivity index (χ4n) is 2.79. The third-order valence-corrected chi connectivity index (χ3v) is 4.28. The summed E-state index contributed by atoms with van der Waals surface area (Å²) < 4.78 is 5.37. The van der Waals surface area contributed by atoms with Gasteiger partial charge in [-0.05, 0) is 32.6 Å². The lowest BCUT2D eigenvalue weighted by molar-refractivity contribution is 0.0652. The van der Waals surface area contributed by atoms with E-state index in [-0.39, 0.29) is 11.9 Å². The lowest BCUT2D eigenvalue weighted by Crippen LogP contribution is -2.59. The molecule has 2 unspecified atom stereocenters. The maximum atomic E-state index is 12.1. The van der Waals surface area contributed by atoms with Gasteiger partial charge in [0.05, 0.1) is 11.9 Å². The second kappa shape index (κ2) is 6.49. The van der Waals surface area contributed by atoms with Crippen LogP contribution in [0, 0.1) is 6.92 Å². The van der Waals surface area contributed by atoms with Crippen LogP contribution in [-0.4, -0.2) is 47.2 Å². The van der Waals surface area contributed by atoms with Crippen LogP contribution < -0.4 is 10.6 Å². The molecule has 21 heavy (non-hydrogen) atoms. The van der Waals surface area contributed by atoms with E-state index in [9.17, 15) is 4.79 Å². The molecule has 2 atom stereocenters. The topological polar surface area (TPSA) is 76.1 Å². The van der Waals surface area contributed by atoms with Gasteiger partial charge in [0.15, 0.2) is 0 Å². The highest BCUT2D eigenvalue weighted by Gasteiger charge is 2.34. The van der Waals surface area contributed by atoms with Crippen LogP contribution in [0.3, 0.4) is 0 Å². The number of ether oxygens (including phenoxy) is 1. The van der Waals surface area contributed by atoms with Crippen LogP contribution >= 0.6 is 0 Å². The Hall–Kier alpha value is -1.53. The van der Waals surface area contributed by atoms with Gasteiger partial charge in [0.25, 0.3) is 5.91 Å². The summed E-state index contributed by atoms with van der Waals surface area (Å²) in [5.41, 5.74) is 1.20. The largest absolute Gasteiger partial charge is 0.381 e. The van der Waals surface area contributed by atoms with Crippen LogP contribution in [0.15, 0.2) is 12.4 Å². The van der Waals surface area contributed by atoms with Crippen molar-refractivity contribution in [2.75, 3.05) is 13.2 Å². The van der Waals surface area contributed by atoms with Crippen molar-refractivity contribution in [1.29, 1.82) is 0 Å². The Morgan fingerprint density at radius 2 is 1.90 bits per heavy atom. The van der Waals surface area contributed by atoms with Gasteiger partial charge in [-0.1, -0.05) is 0 Å². The molecule has 0 radical (unpaired) electrons. The number of rotatable bonds is 4. The van der Waals surface area contributed by atoms with Crippen LogP contribution in [0.25, 0.3) is 0 Å². The minimum Gasteiger partial charge on any atom is -0.381 e. The minimum absolute atomic E-state index is 0.133. The average Bonchev–Trinajstić information content (AvgIpc) is 2.51. The van der Waals surface area contributed by atoms with Crippen molar-refractivity contribution in [3.63, 3.8) is 0 Å². The first kappa shape index (κ1) is 14.4. The third-order valence-electron chi connectivity index (χ3n) is 4.28. The van der Waals surface area contributed by atoms with E-state index in [1.54, 1.807) is 6.20 Å². The van der Waals surface area contributed by atoms with Crippen LogP contribution in [0.1, 0.15) is 41.9 Å². The molecule has 1 saturated heterocycles. The van der Waals surface area contributed by atoms with Crippen LogP contribution in [0.5, 0.6) is 0 Å². The van der Waals surface area contributed by atoms with Crippen LogP contribution in [0.4, 0.5) is 0 Å². The molecule has 1 aromatic heterocycles. The molecule has 0 spiro atoms. The Morgan fingerprint density at radius 3 is 2.52 bits per heavy atom. The smallest absolute Gasteiger partial charge is 0.271 e.